The van der Waals surface area contributed by atoms with Crippen molar-refractivity contribution in [2.24, 2.45) is 0 Å². The zero-order valence-electron chi connectivity index (χ0n) is 22.5. The molecule has 0 aliphatic carbocycles. The van der Waals surface area contributed by atoms with Gasteiger partial charge in [0.05, 0.1) is 28.4 Å². The predicted octanol–water partition coefficient (Wildman–Crippen LogP) is 7.07. The van der Waals surface area contributed by atoms with Crippen molar-refractivity contribution in [1.29, 1.82) is 0 Å². The largest absolute Gasteiger partial charge is 0.489 e. The lowest BCUT2D eigenvalue weighted by Gasteiger charge is -2.12. The molecule has 0 amide bonds. The van der Waals surface area contributed by atoms with Crippen LogP contribution in [0.2, 0.25) is 10.0 Å². The molecule has 0 atom stereocenters. The van der Waals surface area contributed by atoms with Gasteiger partial charge in [-0.2, -0.15) is 4.73 Å². The third-order valence-electron chi connectivity index (χ3n) is 6.09. The lowest BCUT2D eigenvalue weighted by Crippen LogP contribution is -2.12. The zero-order valence-corrected chi connectivity index (χ0v) is 24.8. The van der Waals surface area contributed by atoms with Crippen LogP contribution in [0.25, 0.3) is 34.0 Å². The monoisotopic (exact) mass is 622 g/mol. The van der Waals surface area contributed by atoms with Crippen molar-refractivity contribution in [2.75, 3.05) is 20.0 Å². The fourth-order valence-corrected chi connectivity index (χ4v) is 5.10. The highest BCUT2D eigenvalue weighted by Crippen LogP contribution is 2.42. The number of methoxy groups -OCH3 is 1. The minimum absolute atomic E-state index is 0.0782. The summed E-state index contributed by atoms with van der Waals surface area (Å²) in [7, 11) is 1.26. The van der Waals surface area contributed by atoms with Crippen molar-refractivity contribution < 1.29 is 24.2 Å². The highest BCUT2D eigenvalue weighted by Gasteiger charge is 2.26. The van der Waals surface area contributed by atoms with Crippen molar-refractivity contribution >= 4 is 40.9 Å². The van der Waals surface area contributed by atoms with Gasteiger partial charge in [0.2, 0.25) is 0 Å². The zero-order chi connectivity index (χ0) is 29.6. The average molecular weight is 624 g/mol. The van der Waals surface area contributed by atoms with Gasteiger partial charge < -0.3 is 19.4 Å². The van der Waals surface area contributed by atoms with E-state index < -0.39 is 5.97 Å². The Labute approximate surface area is 256 Å². The summed E-state index contributed by atoms with van der Waals surface area (Å²) in [5.74, 6) is 0.366. The third kappa shape index (κ3) is 6.46. The first-order valence-corrected chi connectivity index (χ1v) is 14.5. The Morgan fingerprint density at radius 1 is 0.952 bits per heavy atom. The molecule has 0 fully saturated rings. The minimum atomic E-state index is -0.559. The minimum Gasteiger partial charge on any atom is -0.489 e. The van der Waals surface area contributed by atoms with Gasteiger partial charge in [-0.1, -0.05) is 77.4 Å². The second kappa shape index (κ2) is 13.2. The third-order valence-corrected chi connectivity index (χ3v) is 7.25. The first-order valence-electron chi connectivity index (χ1n) is 12.5. The van der Waals surface area contributed by atoms with Gasteiger partial charge in [0.1, 0.15) is 29.5 Å². The average Bonchev–Trinajstić information content (AvgIpc) is 3.35. The Balaban J connectivity index is 1.59. The first kappa shape index (κ1) is 29.2. The molecule has 2 heterocycles. The lowest BCUT2D eigenvalue weighted by molar-refractivity contribution is -0.142. The lowest BCUT2D eigenvalue weighted by atomic mass is 10.1. The molecule has 42 heavy (non-hydrogen) atoms. The van der Waals surface area contributed by atoms with Gasteiger partial charge in [0.15, 0.2) is 17.6 Å². The summed E-state index contributed by atoms with van der Waals surface area (Å²) in [5.41, 5.74) is 3.11. The second-order valence-corrected chi connectivity index (χ2v) is 10.4. The van der Waals surface area contributed by atoms with Gasteiger partial charge in [0.25, 0.3) is 0 Å². The maximum absolute atomic E-state index is 11.6. The van der Waals surface area contributed by atoms with E-state index in [9.17, 15) is 10.0 Å². The molecule has 0 aliphatic rings. The number of carbonyl (C=O) groups is 1. The van der Waals surface area contributed by atoms with E-state index in [0.717, 1.165) is 10.3 Å². The van der Waals surface area contributed by atoms with Crippen LogP contribution in [0, 0.1) is 0 Å². The molecule has 0 unspecified atom stereocenters. The number of carbonyl (C=O) groups excluding carboxylic acids is 1. The summed E-state index contributed by atoms with van der Waals surface area (Å²) in [6.45, 7) is 0.0546. The molecule has 1 N–H and O–H groups in total. The topological polar surface area (TPSA) is 109 Å². The predicted molar refractivity (Wildman–Crippen MR) is 161 cm³/mol. The van der Waals surface area contributed by atoms with Crippen LogP contribution in [0.15, 0.2) is 84.1 Å². The molecule has 0 saturated carbocycles. The summed E-state index contributed by atoms with van der Waals surface area (Å²) in [6.07, 6.45) is 3.49. The molecular weight excluding hydrogens is 599 g/mol. The van der Waals surface area contributed by atoms with Crippen LogP contribution >= 0.6 is 35.0 Å². The quantitative estimate of drug-likeness (QED) is 0.0756. The Kier molecular flexibility index (Phi) is 9.16. The van der Waals surface area contributed by atoms with E-state index in [0.29, 0.717) is 40.2 Å². The van der Waals surface area contributed by atoms with Crippen molar-refractivity contribution in [3.63, 3.8) is 0 Å². The molecule has 0 saturated heterocycles. The van der Waals surface area contributed by atoms with Gasteiger partial charge in [-0.25, -0.2) is 19.7 Å². The fourth-order valence-electron chi connectivity index (χ4n) is 4.10. The molecule has 2 aromatic heterocycles. The van der Waals surface area contributed by atoms with E-state index in [2.05, 4.69) is 14.7 Å². The number of thioether (sulfide) groups is 1. The highest BCUT2D eigenvalue weighted by atomic mass is 35.5. The molecular formula is C30H24Cl2N4O5S. The van der Waals surface area contributed by atoms with Crippen LogP contribution in [0.1, 0.15) is 5.56 Å². The Bertz CT molecular complexity index is 1710. The van der Waals surface area contributed by atoms with Crippen LogP contribution in [-0.2, 0) is 16.1 Å². The number of aromatic nitrogens is 4. The van der Waals surface area contributed by atoms with E-state index in [1.54, 1.807) is 12.3 Å². The Morgan fingerprint density at radius 3 is 2.43 bits per heavy atom. The van der Waals surface area contributed by atoms with Gasteiger partial charge in [0, 0.05) is 11.8 Å². The SMILES string of the molecule is COC(=O)COc1cc(Cl)c(-c2nc(-c3ccnc(SC)n3)c(-c3cccc(OCc4ccccc4)c3)n2O)c(Cl)c1. The van der Waals surface area contributed by atoms with E-state index in [1.165, 1.54) is 31.0 Å². The van der Waals surface area contributed by atoms with Crippen molar-refractivity contribution in [3.05, 3.63) is 94.6 Å². The number of benzene rings is 3. The van der Waals surface area contributed by atoms with Gasteiger partial charge >= 0.3 is 5.97 Å². The number of hydrogen-bond acceptors (Lipinski definition) is 9. The van der Waals surface area contributed by atoms with Crippen LogP contribution in [0.5, 0.6) is 11.5 Å². The number of halogens is 2. The first-order chi connectivity index (χ1) is 20.4. The molecule has 0 radical (unpaired) electrons. The number of rotatable bonds is 10. The smallest absolute Gasteiger partial charge is 0.343 e. The number of imidazole rings is 1. The van der Waals surface area contributed by atoms with Crippen LogP contribution < -0.4 is 9.47 Å². The van der Waals surface area contributed by atoms with Gasteiger partial charge in [-0.3, -0.25) is 0 Å². The molecule has 0 bridgehead atoms. The molecule has 0 aliphatic heterocycles. The summed E-state index contributed by atoms with van der Waals surface area (Å²) < 4.78 is 17.0. The van der Waals surface area contributed by atoms with E-state index in [-0.39, 0.29) is 33.8 Å². The van der Waals surface area contributed by atoms with E-state index in [4.69, 9.17) is 37.7 Å². The standard InChI is InChI=1S/C30H24Cl2N4O5S/c1-39-25(37)17-41-21-14-22(31)26(23(32)15-21)29-35-27(24-11-12-33-30(34-24)42-2)28(36(29)38)19-9-6-10-20(13-19)40-16-18-7-4-3-5-8-18/h3-15,38H,16-17H2,1-2H3. The van der Waals surface area contributed by atoms with Crippen LogP contribution in [-0.4, -0.2) is 50.8 Å². The highest BCUT2D eigenvalue weighted by molar-refractivity contribution is 7.98. The molecule has 5 aromatic rings. The van der Waals surface area contributed by atoms with Crippen molar-refractivity contribution in [2.45, 2.75) is 11.8 Å². The Hall–Kier alpha value is -4.25. The van der Waals surface area contributed by atoms with Crippen LogP contribution in [0.3, 0.4) is 0 Å². The second-order valence-electron chi connectivity index (χ2n) is 8.80. The maximum atomic E-state index is 11.6. The van der Waals surface area contributed by atoms with E-state index in [1.807, 2.05) is 60.9 Å². The fraction of sp³-hybridized carbons (Fsp3) is 0.133. The van der Waals surface area contributed by atoms with Crippen molar-refractivity contribution in [1.82, 2.24) is 19.7 Å². The molecule has 3 aromatic carbocycles. The summed E-state index contributed by atoms with van der Waals surface area (Å²) in [6, 6.07) is 21.8. The van der Waals surface area contributed by atoms with Crippen LogP contribution in [0.4, 0.5) is 0 Å². The summed E-state index contributed by atoms with van der Waals surface area (Å²) >= 11 is 14.6. The number of hydrogen-bond donors (Lipinski definition) is 1. The van der Waals surface area contributed by atoms with Gasteiger partial charge in [-0.05, 0) is 42.2 Å². The molecule has 0 spiro atoms. The maximum Gasteiger partial charge on any atom is 0.343 e. The molecule has 12 heteroatoms. The number of nitrogens with zero attached hydrogens (tertiary/aromatic N) is 4. The molecule has 9 nitrogen and oxygen atoms in total. The van der Waals surface area contributed by atoms with E-state index >= 15 is 0 Å². The molecule has 214 valence electrons. The summed E-state index contributed by atoms with van der Waals surface area (Å²) in [5, 5.41) is 12.4. The summed E-state index contributed by atoms with van der Waals surface area (Å²) in [4.78, 5) is 25.1. The normalized spacial score (nSPS) is 10.9. The van der Waals surface area contributed by atoms with Crippen molar-refractivity contribution in [3.8, 4) is 45.5 Å². The number of esters is 1. The van der Waals surface area contributed by atoms with Gasteiger partial charge in [-0.15, -0.1) is 0 Å². The number of ether oxygens (including phenoxy) is 3. The Morgan fingerprint density at radius 2 is 1.71 bits per heavy atom. The molecule has 5 rings (SSSR count).